The van der Waals surface area contributed by atoms with Gasteiger partial charge in [-0.05, 0) is 17.7 Å². The van der Waals surface area contributed by atoms with Crippen LogP contribution in [-0.4, -0.2) is 39.1 Å². The second kappa shape index (κ2) is 7.37. The number of hydrogen-bond acceptors (Lipinski definition) is 4. The number of nitrogens with one attached hydrogen (secondary N) is 1. The Balaban J connectivity index is 1.70. The fourth-order valence-electron chi connectivity index (χ4n) is 1.82. The molecule has 0 bridgehead atoms. The Bertz CT molecular complexity index is 367. The van der Waals surface area contributed by atoms with E-state index in [1.165, 1.54) is 12.1 Å². The minimum atomic E-state index is -2.78. The number of benzene rings is 1. The van der Waals surface area contributed by atoms with Gasteiger partial charge in [-0.3, -0.25) is 0 Å². The molecule has 19 heavy (non-hydrogen) atoms. The quantitative estimate of drug-likeness (QED) is 0.858. The Morgan fingerprint density at radius 1 is 1.26 bits per heavy atom. The molecule has 1 aromatic carbocycles. The molecule has 1 atom stereocenters. The van der Waals surface area contributed by atoms with Gasteiger partial charge in [0.1, 0.15) is 5.75 Å². The molecule has 1 unspecified atom stereocenters. The molecule has 106 valence electrons. The molecule has 1 saturated heterocycles. The number of alkyl halides is 2. The maximum atomic E-state index is 12.0. The third-order valence-electron chi connectivity index (χ3n) is 2.73. The highest BCUT2D eigenvalue weighted by molar-refractivity contribution is 5.27. The van der Waals surface area contributed by atoms with Gasteiger partial charge in [-0.25, -0.2) is 0 Å². The Morgan fingerprint density at radius 2 is 2.05 bits per heavy atom. The molecule has 1 fully saturated rings. The first kappa shape index (κ1) is 14.2. The summed E-state index contributed by atoms with van der Waals surface area (Å²) in [5, 5.41) is 3.24. The molecule has 1 aliphatic heterocycles. The molecule has 0 aromatic heterocycles. The van der Waals surface area contributed by atoms with Crippen molar-refractivity contribution in [2.45, 2.75) is 19.3 Å². The average Bonchev–Trinajstić information content (AvgIpc) is 2.41. The zero-order valence-corrected chi connectivity index (χ0v) is 10.5. The van der Waals surface area contributed by atoms with Crippen molar-refractivity contribution in [3.05, 3.63) is 29.8 Å². The van der Waals surface area contributed by atoms with Crippen molar-refractivity contribution in [3.8, 4) is 5.75 Å². The molecular weight excluding hydrogens is 256 g/mol. The topological polar surface area (TPSA) is 39.7 Å². The fraction of sp³-hybridized carbons (Fsp3) is 0.538. The van der Waals surface area contributed by atoms with E-state index in [-0.39, 0.29) is 11.9 Å². The first-order chi connectivity index (χ1) is 9.24. The van der Waals surface area contributed by atoms with Crippen LogP contribution in [0.5, 0.6) is 5.75 Å². The third kappa shape index (κ3) is 5.10. The summed E-state index contributed by atoms with van der Waals surface area (Å²) >= 11 is 0. The highest BCUT2D eigenvalue weighted by Gasteiger charge is 2.13. The Hall–Kier alpha value is -1.24. The smallest absolute Gasteiger partial charge is 0.387 e. The lowest BCUT2D eigenvalue weighted by Gasteiger charge is -2.23. The number of hydrogen-bond donors (Lipinski definition) is 1. The highest BCUT2D eigenvalue weighted by Crippen LogP contribution is 2.14. The monoisotopic (exact) mass is 273 g/mol. The van der Waals surface area contributed by atoms with Crippen LogP contribution in [0.25, 0.3) is 0 Å². The van der Waals surface area contributed by atoms with Crippen LogP contribution < -0.4 is 10.1 Å². The SMILES string of the molecule is FC(F)Oc1ccc(CNCC2COCCO2)cc1. The van der Waals surface area contributed by atoms with Crippen molar-refractivity contribution in [1.82, 2.24) is 5.32 Å². The van der Waals surface area contributed by atoms with Gasteiger partial charge in [-0.2, -0.15) is 8.78 Å². The van der Waals surface area contributed by atoms with Crippen molar-refractivity contribution in [1.29, 1.82) is 0 Å². The first-order valence-electron chi connectivity index (χ1n) is 6.18. The van der Waals surface area contributed by atoms with E-state index in [0.29, 0.717) is 32.9 Å². The van der Waals surface area contributed by atoms with Gasteiger partial charge in [0.15, 0.2) is 0 Å². The molecule has 0 amide bonds. The molecule has 4 nitrogen and oxygen atoms in total. The van der Waals surface area contributed by atoms with Crippen LogP contribution in [0, 0.1) is 0 Å². The molecule has 6 heteroatoms. The summed E-state index contributed by atoms with van der Waals surface area (Å²) in [6, 6.07) is 6.57. The maximum absolute atomic E-state index is 12.0. The van der Waals surface area contributed by atoms with E-state index < -0.39 is 6.61 Å². The van der Waals surface area contributed by atoms with E-state index in [1.807, 2.05) is 0 Å². The molecule has 1 aliphatic rings. The van der Waals surface area contributed by atoms with Crippen molar-refractivity contribution in [2.75, 3.05) is 26.4 Å². The Kier molecular flexibility index (Phi) is 5.50. The molecule has 0 saturated carbocycles. The summed E-state index contributed by atoms with van der Waals surface area (Å²) in [6.07, 6.45) is 0.0789. The van der Waals surface area contributed by atoms with Gasteiger partial charge in [0.2, 0.25) is 0 Å². The summed E-state index contributed by atoms with van der Waals surface area (Å²) in [7, 11) is 0. The molecular formula is C13H17F2NO3. The van der Waals surface area contributed by atoms with Crippen molar-refractivity contribution >= 4 is 0 Å². The Labute approximate surface area is 110 Å². The molecule has 1 aromatic rings. The molecule has 1 N–H and O–H groups in total. The van der Waals surface area contributed by atoms with Crippen LogP contribution in [-0.2, 0) is 16.0 Å². The van der Waals surface area contributed by atoms with E-state index >= 15 is 0 Å². The molecule has 0 aliphatic carbocycles. The van der Waals surface area contributed by atoms with E-state index in [4.69, 9.17) is 9.47 Å². The lowest BCUT2D eigenvalue weighted by atomic mass is 10.2. The maximum Gasteiger partial charge on any atom is 0.387 e. The van der Waals surface area contributed by atoms with Gasteiger partial charge < -0.3 is 19.5 Å². The minimum Gasteiger partial charge on any atom is -0.435 e. The summed E-state index contributed by atoms with van der Waals surface area (Å²) in [5.41, 5.74) is 0.998. The second-order valence-corrected chi connectivity index (χ2v) is 4.22. The van der Waals surface area contributed by atoms with Crippen LogP contribution >= 0.6 is 0 Å². The third-order valence-corrected chi connectivity index (χ3v) is 2.73. The lowest BCUT2D eigenvalue weighted by molar-refractivity contribution is -0.0864. The normalized spacial score (nSPS) is 19.6. The highest BCUT2D eigenvalue weighted by atomic mass is 19.3. The van der Waals surface area contributed by atoms with Gasteiger partial charge in [-0.1, -0.05) is 12.1 Å². The van der Waals surface area contributed by atoms with E-state index in [0.717, 1.165) is 5.56 Å². The van der Waals surface area contributed by atoms with Gasteiger partial charge in [0.25, 0.3) is 0 Å². The molecule has 2 rings (SSSR count). The summed E-state index contributed by atoms with van der Waals surface area (Å²) in [6.45, 7) is 0.458. The summed E-state index contributed by atoms with van der Waals surface area (Å²) in [4.78, 5) is 0. The second-order valence-electron chi connectivity index (χ2n) is 4.22. The number of ether oxygens (including phenoxy) is 3. The lowest BCUT2D eigenvalue weighted by Crippen LogP contribution is -2.37. The van der Waals surface area contributed by atoms with Gasteiger partial charge in [0.05, 0.1) is 25.9 Å². The fourth-order valence-corrected chi connectivity index (χ4v) is 1.82. The average molecular weight is 273 g/mol. The summed E-state index contributed by atoms with van der Waals surface area (Å²) in [5.74, 6) is 0.169. The van der Waals surface area contributed by atoms with Crippen molar-refractivity contribution in [2.24, 2.45) is 0 Å². The Morgan fingerprint density at radius 3 is 2.68 bits per heavy atom. The van der Waals surface area contributed by atoms with Gasteiger partial charge >= 0.3 is 6.61 Å². The zero-order chi connectivity index (χ0) is 13.5. The molecule has 0 radical (unpaired) electrons. The van der Waals surface area contributed by atoms with E-state index in [2.05, 4.69) is 10.1 Å². The minimum absolute atomic E-state index is 0.0789. The predicted octanol–water partition coefficient (Wildman–Crippen LogP) is 1.79. The first-order valence-corrected chi connectivity index (χ1v) is 6.18. The largest absolute Gasteiger partial charge is 0.435 e. The van der Waals surface area contributed by atoms with E-state index in [9.17, 15) is 8.78 Å². The summed E-state index contributed by atoms with van der Waals surface area (Å²) < 4.78 is 39.0. The number of rotatable bonds is 6. The predicted molar refractivity (Wildman–Crippen MR) is 65.3 cm³/mol. The number of halogens is 2. The van der Waals surface area contributed by atoms with Gasteiger partial charge in [-0.15, -0.1) is 0 Å². The van der Waals surface area contributed by atoms with Crippen molar-refractivity contribution in [3.63, 3.8) is 0 Å². The van der Waals surface area contributed by atoms with Crippen LogP contribution in [0.15, 0.2) is 24.3 Å². The van der Waals surface area contributed by atoms with Crippen LogP contribution in [0.3, 0.4) is 0 Å². The molecule has 0 spiro atoms. The zero-order valence-electron chi connectivity index (χ0n) is 10.5. The van der Waals surface area contributed by atoms with Crippen LogP contribution in [0.4, 0.5) is 8.78 Å². The van der Waals surface area contributed by atoms with E-state index in [1.54, 1.807) is 12.1 Å². The standard InChI is InChI=1S/C13H17F2NO3/c14-13(15)19-11-3-1-10(2-4-11)7-16-8-12-9-17-5-6-18-12/h1-4,12-13,16H,5-9H2. The van der Waals surface area contributed by atoms with Crippen molar-refractivity contribution < 1.29 is 23.0 Å². The van der Waals surface area contributed by atoms with Crippen LogP contribution in [0.2, 0.25) is 0 Å². The molecule has 1 heterocycles. The van der Waals surface area contributed by atoms with Gasteiger partial charge in [0, 0.05) is 13.1 Å². The van der Waals surface area contributed by atoms with Crippen LogP contribution in [0.1, 0.15) is 5.56 Å².